The van der Waals surface area contributed by atoms with Crippen LogP contribution in [0.2, 0.25) is 5.02 Å². The number of hydrogen-bond acceptors (Lipinski definition) is 3. The van der Waals surface area contributed by atoms with Crippen molar-refractivity contribution in [2.75, 3.05) is 0 Å². The molecule has 1 saturated heterocycles. The summed E-state index contributed by atoms with van der Waals surface area (Å²) in [5.74, 6) is -0.138. The smallest absolute Gasteiger partial charge is 0.309 e. The Hall–Kier alpha value is -2.04. The van der Waals surface area contributed by atoms with Crippen LogP contribution in [0.15, 0.2) is 42.5 Å². The molecule has 1 aliphatic carbocycles. The van der Waals surface area contributed by atoms with Crippen LogP contribution >= 0.6 is 11.6 Å². The van der Waals surface area contributed by atoms with Gasteiger partial charge in [0.25, 0.3) is 0 Å². The Bertz CT molecular complexity index is 1010. The van der Waals surface area contributed by atoms with E-state index < -0.39 is 17.5 Å². The van der Waals surface area contributed by atoms with Gasteiger partial charge in [0.05, 0.1) is 18.1 Å². The van der Waals surface area contributed by atoms with Gasteiger partial charge in [-0.2, -0.15) is 0 Å². The monoisotopic (exact) mass is 468 g/mol. The molecule has 2 aliphatic heterocycles. The molecule has 1 saturated carbocycles. The van der Waals surface area contributed by atoms with E-state index >= 15 is 0 Å². The second-order valence-electron chi connectivity index (χ2n) is 10.6. The molecule has 2 heterocycles. The molecule has 2 fully saturated rings. The fourth-order valence-electron chi connectivity index (χ4n) is 6.27. The highest BCUT2D eigenvalue weighted by Gasteiger charge is 2.53. The minimum Gasteiger partial charge on any atom is -0.487 e. The fourth-order valence-corrected chi connectivity index (χ4v) is 6.52. The van der Waals surface area contributed by atoms with E-state index in [1.807, 2.05) is 30.3 Å². The van der Waals surface area contributed by atoms with Gasteiger partial charge in [-0.25, -0.2) is 0 Å². The summed E-state index contributed by atoms with van der Waals surface area (Å²) in [6.45, 7) is 4.13. The molecule has 176 valence electrons. The van der Waals surface area contributed by atoms with Crippen LogP contribution in [0.25, 0.3) is 0 Å². The summed E-state index contributed by atoms with van der Waals surface area (Å²) in [6.07, 6.45) is 6.46. The lowest BCUT2D eigenvalue weighted by Crippen LogP contribution is -2.54. The van der Waals surface area contributed by atoms with Gasteiger partial charge in [0.2, 0.25) is 0 Å². The largest absolute Gasteiger partial charge is 0.487 e. The minimum atomic E-state index is -0.749. The average molecular weight is 469 g/mol. The van der Waals surface area contributed by atoms with E-state index in [0.29, 0.717) is 17.4 Å². The highest BCUT2D eigenvalue weighted by molar-refractivity contribution is 6.30. The van der Waals surface area contributed by atoms with E-state index in [1.54, 1.807) is 0 Å². The van der Waals surface area contributed by atoms with Crippen molar-refractivity contribution < 1.29 is 19.4 Å². The molecular formula is C28H33ClO4. The standard InChI is InChI=1S/C28H33ClO4/c1-28(2)23-16-22(27(30)31)24(18-11-7-4-8-12-18)32-26(23)21-15-20(29)14-19(25(21)33-28)13-17-9-5-3-6-10-17/h3,5-6,9-10,14-15,18,22-24,26H,4,7-8,11-13,16H2,1-2H3,(H,30,31)/t22-,23-,24-,26+/m0/s1. The molecule has 3 aliphatic rings. The zero-order chi connectivity index (χ0) is 23.2. The third kappa shape index (κ3) is 4.40. The van der Waals surface area contributed by atoms with Crippen molar-refractivity contribution in [2.45, 2.75) is 76.6 Å². The first-order valence-electron chi connectivity index (χ1n) is 12.3. The Morgan fingerprint density at radius 2 is 1.85 bits per heavy atom. The van der Waals surface area contributed by atoms with Gasteiger partial charge in [-0.15, -0.1) is 0 Å². The summed E-state index contributed by atoms with van der Waals surface area (Å²) in [6, 6.07) is 14.3. The number of aliphatic carboxylic acids is 1. The first-order valence-corrected chi connectivity index (χ1v) is 12.6. The van der Waals surface area contributed by atoms with Gasteiger partial charge in [0.1, 0.15) is 11.4 Å². The normalized spacial score (nSPS) is 28.9. The van der Waals surface area contributed by atoms with Crippen LogP contribution in [0.4, 0.5) is 0 Å². The van der Waals surface area contributed by atoms with Crippen molar-refractivity contribution in [3.63, 3.8) is 0 Å². The van der Waals surface area contributed by atoms with E-state index in [4.69, 9.17) is 21.1 Å². The number of halogens is 1. The third-order valence-electron chi connectivity index (χ3n) is 7.97. The Morgan fingerprint density at radius 3 is 2.55 bits per heavy atom. The molecule has 0 radical (unpaired) electrons. The van der Waals surface area contributed by atoms with Gasteiger partial charge in [-0.3, -0.25) is 4.79 Å². The maximum absolute atomic E-state index is 12.3. The van der Waals surface area contributed by atoms with Crippen molar-refractivity contribution in [1.82, 2.24) is 0 Å². The van der Waals surface area contributed by atoms with E-state index in [0.717, 1.165) is 49.0 Å². The van der Waals surface area contributed by atoms with E-state index in [9.17, 15) is 9.90 Å². The number of benzene rings is 2. The van der Waals surface area contributed by atoms with Gasteiger partial charge in [0.15, 0.2) is 0 Å². The fraction of sp³-hybridized carbons (Fsp3) is 0.536. The molecule has 0 unspecified atom stereocenters. The number of carboxylic acid groups (broad SMARTS) is 1. The minimum absolute atomic E-state index is 0.0472. The van der Waals surface area contributed by atoms with Crippen LogP contribution in [-0.2, 0) is 16.0 Å². The molecule has 2 aromatic carbocycles. The molecule has 33 heavy (non-hydrogen) atoms. The Labute approximate surface area is 201 Å². The van der Waals surface area contributed by atoms with Crippen LogP contribution in [-0.4, -0.2) is 22.8 Å². The number of fused-ring (bicyclic) bond motifs is 3. The summed E-state index contributed by atoms with van der Waals surface area (Å²) >= 11 is 6.61. The molecule has 1 N–H and O–H groups in total. The van der Waals surface area contributed by atoms with Gasteiger partial charge < -0.3 is 14.6 Å². The van der Waals surface area contributed by atoms with Crippen molar-refractivity contribution >= 4 is 17.6 Å². The SMILES string of the molecule is CC1(C)Oc2c(Cc3ccccc3)cc(Cl)cc2[C@H]2O[C@@H](C3CCCCC3)[C@@H](C(=O)O)C[C@@H]21. The van der Waals surface area contributed by atoms with Gasteiger partial charge in [-0.1, -0.05) is 61.2 Å². The van der Waals surface area contributed by atoms with Crippen molar-refractivity contribution in [1.29, 1.82) is 0 Å². The summed E-state index contributed by atoms with van der Waals surface area (Å²) in [5.41, 5.74) is 2.68. The predicted molar refractivity (Wildman–Crippen MR) is 129 cm³/mol. The zero-order valence-corrected chi connectivity index (χ0v) is 20.2. The van der Waals surface area contributed by atoms with E-state index in [-0.39, 0.29) is 18.1 Å². The van der Waals surface area contributed by atoms with Gasteiger partial charge in [0, 0.05) is 28.5 Å². The zero-order valence-electron chi connectivity index (χ0n) is 19.4. The van der Waals surface area contributed by atoms with Crippen LogP contribution in [0.1, 0.15) is 75.2 Å². The molecule has 5 rings (SSSR count). The Kier molecular flexibility index (Phi) is 6.17. The molecule has 0 bridgehead atoms. The van der Waals surface area contributed by atoms with E-state index in [1.165, 1.54) is 12.0 Å². The van der Waals surface area contributed by atoms with Crippen molar-refractivity contribution in [2.24, 2.45) is 17.8 Å². The highest BCUT2D eigenvalue weighted by Crippen LogP contribution is 2.55. The number of ether oxygens (including phenoxy) is 2. The average Bonchev–Trinajstić information content (AvgIpc) is 2.80. The lowest BCUT2D eigenvalue weighted by molar-refractivity contribution is -0.200. The number of rotatable bonds is 4. The molecule has 4 nitrogen and oxygen atoms in total. The lowest BCUT2D eigenvalue weighted by Gasteiger charge is -2.52. The second-order valence-corrected chi connectivity index (χ2v) is 11.0. The molecule has 4 atom stereocenters. The molecule has 5 heteroatoms. The van der Waals surface area contributed by atoms with E-state index in [2.05, 4.69) is 26.0 Å². The molecular weight excluding hydrogens is 436 g/mol. The predicted octanol–water partition coefficient (Wildman–Crippen LogP) is 6.83. The van der Waals surface area contributed by atoms with Crippen molar-refractivity contribution in [3.8, 4) is 5.75 Å². The summed E-state index contributed by atoms with van der Waals surface area (Å²) < 4.78 is 13.4. The number of carboxylic acids is 1. The third-order valence-corrected chi connectivity index (χ3v) is 8.18. The van der Waals surface area contributed by atoms with Crippen LogP contribution in [0, 0.1) is 17.8 Å². The first kappa shape index (κ1) is 22.7. The maximum Gasteiger partial charge on any atom is 0.309 e. The first-order chi connectivity index (χ1) is 15.8. The second kappa shape index (κ2) is 8.96. The quantitative estimate of drug-likeness (QED) is 0.534. The Balaban J connectivity index is 1.55. The lowest BCUT2D eigenvalue weighted by atomic mass is 9.68. The molecule has 0 aromatic heterocycles. The van der Waals surface area contributed by atoms with Crippen LogP contribution in [0.5, 0.6) is 5.75 Å². The molecule has 2 aromatic rings. The molecule has 0 spiro atoms. The summed E-state index contributed by atoms with van der Waals surface area (Å²) in [4.78, 5) is 12.3. The molecule has 0 amide bonds. The van der Waals surface area contributed by atoms with Crippen molar-refractivity contribution in [3.05, 3.63) is 64.2 Å². The highest BCUT2D eigenvalue weighted by atomic mass is 35.5. The Morgan fingerprint density at radius 1 is 1.12 bits per heavy atom. The van der Waals surface area contributed by atoms with Gasteiger partial charge >= 0.3 is 5.97 Å². The van der Waals surface area contributed by atoms with Crippen LogP contribution < -0.4 is 4.74 Å². The topological polar surface area (TPSA) is 55.8 Å². The maximum atomic E-state index is 12.3. The number of carbonyl (C=O) groups is 1. The van der Waals surface area contributed by atoms with Gasteiger partial charge in [-0.05, 0) is 56.7 Å². The summed E-state index contributed by atoms with van der Waals surface area (Å²) in [7, 11) is 0. The summed E-state index contributed by atoms with van der Waals surface area (Å²) in [5, 5.41) is 10.8. The van der Waals surface area contributed by atoms with Crippen LogP contribution in [0.3, 0.4) is 0 Å². The number of hydrogen-bond donors (Lipinski definition) is 1.